The van der Waals surface area contributed by atoms with Crippen molar-refractivity contribution < 1.29 is 22.7 Å². The van der Waals surface area contributed by atoms with E-state index in [1.165, 1.54) is 0 Å². The number of nitrogens with two attached hydrogens (primary N) is 1. The van der Waals surface area contributed by atoms with Crippen LogP contribution in [0.5, 0.6) is 0 Å². The lowest BCUT2D eigenvalue weighted by Crippen LogP contribution is -2.15. The van der Waals surface area contributed by atoms with Crippen molar-refractivity contribution in [2.75, 3.05) is 7.11 Å². The van der Waals surface area contributed by atoms with E-state index in [1.807, 2.05) is 0 Å². The summed E-state index contributed by atoms with van der Waals surface area (Å²) in [6.45, 7) is -0.300. The Kier molecular flexibility index (Phi) is 4.45. The Morgan fingerprint density at radius 3 is 2.65 bits per heavy atom. The smallest absolute Gasteiger partial charge is 0.310 e. The van der Waals surface area contributed by atoms with Crippen molar-refractivity contribution in [2.45, 2.75) is 19.4 Å². The molecule has 94 valence electrons. The van der Waals surface area contributed by atoms with Crippen molar-refractivity contribution in [1.29, 1.82) is 0 Å². The van der Waals surface area contributed by atoms with E-state index in [1.54, 1.807) is 0 Å². The quantitative estimate of drug-likeness (QED) is 0.645. The normalized spacial score (nSPS) is 10.7. The Hall–Kier alpha value is -1.63. The van der Waals surface area contributed by atoms with Gasteiger partial charge in [-0.3, -0.25) is 4.79 Å². The fraction of sp³-hybridized carbons (Fsp3) is 0.400. The van der Waals surface area contributed by atoms with E-state index in [2.05, 4.69) is 9.72 Å². The highest BCUT2D eigenvalue weighted by Gasteiger charge is 2.21. The molecule has 2 N–H and O–H groups in total. The number of methoxy groups -OCH3 is 1. The van der Waals surface area contributed by atoms with Crippen molar-refractivity contribution in [3.8, 4) is 0 Å². The summed E-state index contributed by atoms with van der Waals surface area (Å²) >= 11 is 0. The van der Waals surface area contributed by atoms with Crippen LogP contribution >= 0.6 is 0 Å². The van der Waals surface area contributed by atoms with Crippen molar-refractivity contribution in [2.24, 2.45) is 5.73 Å². The van der Waals surface area contributed by atoms with E-state index < -0.39 is 30.3 Å². The summed E-state index contributed by atoms with van der Waals surface area (Å²) in [7, 11) is 1.12. The zero-order valence-electron chi connectivity index (χ0n) is 9.04. The van der Waals surface area contributed by atoms with Crippen LogP contribution in [0.15, 0.2) is 6.20 Å². The number of hydrogen-bond donors (Lipinski definition) is 1. The molecule has 4 nitrogen and oxygen atoms in total. The minimum atomic E-state index is -2.82. The molecule has 0 aliphatic heterocycles. The van der Waals surface area contributed by atoms with E-state index >= 15 is 0 Å². The van der Waals surface area contributed by atoms with Gasteiger partial charge < -0.3 is 10.5 Å². The Bertz CT molecular complexity index is 424. The van der Waals surface area contributed by atoms with Gasteiger partial charge in [-0.25, -0.2) is 13.8 Å². The van der Waals surface area contributed by atoms with E-state index in [9.17, 15) is 18.0 Å². The molecular weight excluding hydrogens is 237 g/mol. The molecule has 0 saturated heterocycles. The highest BCUT2D eigenvalue weighted by Crippen LogP contribution is 2.26. The molecule has 7 heteroatoms. The third-order valence-corrected chi connectivity index (χ3v) is 2.27. The lowest BCUT2D eigenvalue weighted by molar-refractivity contribution is -0.139. The summed E-state index contributed by atoms with van der Waals surface area (Å²) in [6.07, 6.45) is -2.57. The molecule has 0 unspecified atom stereocenters. The molecule has 0 aliphatic rings. The highest BCUT2D eigenvalue weighted by atomic mass is 19.3. The molecule has 0 radical (unpaired) electrons. The molecule has 1 rings (SSSR count). The number of pyridine rings is 1. The predicted molar refractivity (Wildman–Crippen MR) is 52.8 cm³/mol. The van der Waals surface area contributed by atoms with Gasteiger partial charge in [0.25, 0.3) is 6.43 Å². The standard InChI is InChI=1S/C10H11F3N2O2/c1-17-8(16)2-5-6(3-14)7(9(11)12)4-15-10(5)13/h4,9H,2-3,14H2,1H3. The van der Waals surface area contributed by atoms with Crippen molar-refractivity contribution >= 4 is 5.97 Å². The van der Waals surface area contributed by atoms with E-state index in [4.69, 9.17) is 5.73 Å². The van der Waals surface area contributed by atoms with Gasteiger partial charge in [-0.2, -0.15) is 4.39 Å². The van der Waals surface area contributed by atoms with E-state index in [0.717, 1.165) is 13.3 Å². The van der Waals surface area contributed by atoms with Gasteiger partial charge in [-0.15, -0.1) is 0 Å². The Balaban J connectivity index is 3.25. The van der Waals surface area contributed by atoms with Crippen LogP contribution in [-0.4, -0.2) is 18.1 Å². The van der Waals surface area contributed by atoms with Crippen LogP contribution < -0.4 is 5.73 Å². The number of esters is 1. The third-order valence-electron chi connectivity index (χ3n) is 2.27. The molecule has 0 aromatic carbocycles. The predicted octanol–water partition coefficient (Wildman–Crippen LogP) is 1.33. The first-order valence-corrected chi connectivity index (χ1v) is 4.72. The van der Waals surface area contributed by atoms with Gasteiger partial charge in [0.05, 0.1) is 13.5 Å². The molecule has 0 amide bonds. The maximum atomic E-state index is 13.4. The average molecular weight is 248 g/mol. The minimum absolute atomic E-state index is 0.0992. The number of aromatic nitrogens is 1. The molecule has 0 spiro atoms. The summed E-state index contributed by atoms with van der Waals surface area (Å²) in [6, 6.07) is 0. The van der Waals surface area contributed by atoms with Gasteiger partial charge in [0.1, 0.15) is 0 Å². The second-order valence-corrected chi connectivity index (χ2v) is 3.22. The number of carbonyl (C=O) groups is 1. The average Bonchev–Trinajstić information content (AvgIpc) is 2.30. The van der Waals surface area contributed by atoms with Crippen LogP contribution in [-0.2, 0) is 22.5 Å². The fourth-order valence-corrected chi connectivity index (χ4v) is 1.41. The molecule has 0 saturated carbocycles. The first-order valence-electron chi connectivity index (χ1n) is 4.72. The summed E-state index contributed by atoms with van der Waals surface area (Å²) in [4.78, 5) is 14.2. The van der Waals surface area contributed by atoms with Crippen molar-refractivity contribution in [1.82, 2.24) is 4.98 Å². The largest absolute Gasteiger partial charge is 0.469 e. The summed E-state index contributed by atoms with van der Waals surface area (Å²) in [5.41, 5.74) is 4.49. The van der Waals surface area contributed by atoms with Crippen LogP contribution in [0.3, 0.4) is 0 Å². The summed E-state index contributed by atoms with van der Waals surface area (Å²) in [5.74, 6) is -1.73. The van der Waals surface area contributed by atoms with Gasteiger partial charge in [-0.05, 0) is 5.56 Å². The molecule has 0 fully saturated rings. The zero-order chi connectivity index (χ0) is 13.0. The van der Waals surface area contributed by atoms with E-state index in [0.29, 0.717) is 0 Å². The zero-order valence-corrected chi connectivity index (χ0v) is 9.04. The maximum absolute atomic E-state index is 13.4. The van der Waals surface area contributed by atoms with Crippen molar-refractivity contribution in [3.63, 3.8) is 0 Å². The first kappa shape index (κ1) is 13.4. The Labute approximate surface area is 95.6 Å². The summed E-state index contributed by atoms with van der Waals surface area (Å²) in [5, 5.41) is 0. The molecule has 1 heterocycles. The van der Waals surface area contributed by atoms with Gasteiger partial charge >= 0.3 is 5.97 Å². The Morgan fingerprint density at radius 1 is 1.53 bits per heavy atom. The lowest BCUT2D eigenvalue weighted by atomic mass is 10.0. The van der Waals surface area contributed by atoms with Crippen LogP contribution in [0.4, 0.5) is 13.2 Å². The van der Waals surface area contributed by atoms with Gasteiger partial charge in [0.15, 0.2) is 0 Å². The van der Waals surface area contributed by atoms with Crippen LogP contribution in [0.1, 0.15) is 23.1 Å². The monoisotopic (exact) mass is 248 g/mol. The number of halogens is 3. The topological polar surface area (TPSA) is 65.2 Å². The third kappa shape index (κ3) is 2.94. The van der Waals surface area contributed by atoms with Crippen molar-refractivity contribution in [3.05, 3.63) is 28.8 Å². The maximum Gasteiger partial charge on any atom is 0.310 e. The van der Waals surface area contributed by atoms with E-state index in [-0.39, 0.29) is 17.7 Å². The van der Waals surface area contributed by atoms with Gasteiger partial charge in [-0.1, -0.05) is 0 Å². The number of alkyl halides is 2. The molecule has 0 atom stereocenters. The molecule has 17 heavy (non-hydrogen) atoms. The first-order chi connectivity index (χ1) is 8.01. The van der Waals surface area contributed by atoms with Crippen LogP contribution in [0, 0.1) is 5.95 Å². The number of ether oxygens (including phenoxy) is 1. The highest BCUT2D eigenvalue weighted by molar-refractivity contribution is 5.73. The molecule has 0 bridgehead atoms. The molecule has 0 aliphatic carbocycles. The van der Waals surface area contributed by atoms with Gasteiger partial charge in [0.2, 0.25) is 5.95 Å². The summed E-state index contributed by atoms with van der Waals surface area (Å²) < 4.78 is 42.9. The number of hydrogen-bond acceptors (Lipinski definition) is 4. The molecular formula is C10H11F3N2O2. The fourth-order valence-electron chi connectivity index (χ4n) is 1.41. The number of carbonyl (C=O) groups excluding carboxylic acids is 1. The van der Waals surface area contributed by atoms with Gasteiger partial charge in [0, 0.05) is 23.9 Å². The minimum Gasteiger partial charge on any atom is -0.469 e. The SMILES string of the molecule is COC(=O)Cc1c(F)ncc(C(F)F)c1CN. The van der Waals surface area contributed by atoms with Crippen LogP contribution in [0.2, 0.25) is 0 Å². The molecule has 1 aromatic rings. The Morgan fingerprint density at radius 2 is 2.18 bits per heavy atom. The second kappa shape index (κ2) is 5.62. The number of rotatable bonds is 4. The molecule has 1 aromatic heterocycles. The van der Waals surface area contributed by atoms with Crippen LogP contribution in [0.25, 0.3) is 0 Å². The number of nitrogens with zero attached hydrogens (tertiary/aromatic N) is 1. The lowest BCUT2D eigenvalue weighted by Gasteiger charge is -2.12. The second-order valence-electron chi connectivity index (χ2n) is 3.22.